The fourth-order valence-corrected chi connectivity index (χ4v) is 6.14. The van der Waals surface area contributed by atoms with E-state index in [1.54, 1.807) is 22.8 Å². The summed E-state index contributed by atoms with van der Waals surface area (Å²) in [6.45, 7) is 5.80. The summed E-state index contributed by atoms with van der Waals surface area (Å²) < 4.78 is 22.5. The average molecular weight is 676 g/mol. The molecule has 5 heterocycles. The Hall–Kier alpha value is -5.89. The van der Waals surface area contributed by atoms with Crippen LogP contribution in [-0.4, -0.2) is 78.3 Å². The number of amides is 1. The molecule has 3 N–H and O–H groups in total. The van der Waals surface area contributed by atoms with E-state index >= 15 is 0 Å². The van der Waals surface area contributed by atoms with Gasteiger partial charge in [-0.3, -0.25) is 14.4 Å². The number of fused-ring (bicyclic) bond motifs is 1. The molecule has 13 nitrogen and oxygen atoms in total. The van der Waals surface area contributed by atoms with Crippen molar-refractivity contribution in [3.8, 4) is 17.3 Å². The molecular weight excluding hydrogens is 637 g/mol. The van der Waals surface area contributed by atoms with Crippen molar-refractivity contribution in [1.82, 2.24) is 39.6 Å². The maximum atomic E-state index is 14.6. The maximum absolute atomic E-state index is 14.6. The molecule has 6 aromatic rings. The van der Waals surface area contributed by atoms with Crippen LogP contribution < -0.4 is 20.3 Å². The number of likely N-dealkylation sites (tertiary alicyclic amines) is 1. The lowest BCUT2D eigenvalue weighted by atomic mass is 10.1. The first kappa shape index (κ1) is 32.6. The molecule has 14 heteroatoms. The first-order chi connectivity index (χ1) is 24.2. The number of aromatic amines is 1. The van der Waals surface area contributed by atoms with Crippen LogP contribution in [0.25, 0.3) is 22.2 Å². The van der Waals surface area contributed by atoms with Gasteiger partial charge in [-0.2, -0.15) is 10.1 Å². The third-order valence-electron chi connectivity index (χ3n) is 8.77. The summed E-state index contributed by atoms with van der Waals surface area (Å²) >= 11 is 0. The second-order valence-corrected chi connectivity index (χ2v) is 12.6. The zero-order valence-corrected chi connectivity index (χ0v) is 28.3. The van der Waals surface area contributed by atoms with Crippen LogP contribution in [0.2, 0.25) is 0 Å². The first-order valence-electron chi connectivity index (χ1n) is 16.4. The summed E-state index contributed by atoms with van der Waals surface area (Å²) in [4.78, 5) is 38.0. The number of rotatable bonds is 11. The van der Waals surface area contributed by atoms with E-state index in [4.69, 9.17) is 9.72 Å². The molecule has 4 aromatic heterocycles. The van der Waals surface area contributed by atoms with Crippen LogP contribution in [-0.2, 0) is 18.4 Å². The Morgan fingerprint density at radius 3 is 2.74 bits per heavy atom. The summed E-state index contributed by atoms with van der Waals surface area (Å²) in [6, 6.07) is 17.6. The van der Waals surface area contributed by atoms with Crippen molar-refractivity contribution >= 4 is 40.1 Å². The normalized spacial score (nSPS) is 14.6. The molecule has 1 fully saturated rings. The highest BCUT2D eigenvalue weighted by Crippen LogP contribution is 2.33. The van der Waals surface area contributed by atoms with E-state index in [1.807, 2.05) is 86.6 Å². The molecule has 1 unspecified atom stereocenters. The highest BCUT2D eigenvalue weighted by Gasteiger charge is 2.27. The molecule has 0 radical (unpaired) electrons. The van der Waals surface area contributed by atoms with E-state index in [-0.39, 0.29) is 30.4 Å². The summed E-state index contributed by atoms with van der Waals surface area (Å²) in [5.41, 5.74) is 6.10. The number of H-pyrrole nitrogens is 1. The molecular formula is C36H38FN11O2. The number of aromatic nitrogens is 7. The van der Waals surface area contributed by atoms with Crippen LogP contribution in [0.1, 0.15) is 23.2 Å². The van der Waals surface area contributed by atoms with Crippen LogP contribution >= 0.6 is 0 Å². The number of benzene rings is 2. The molecule has 1 aliphatic heterocycles. The Labute approximate surface area is 288 Å². The van der Waals surface area contributed by atoms with Gasteiger partial charge in [-0.15, -0.1) is 0 Å². The van der Waals surface area contributed by atoms with Gasteiger partial charge >= 0.3 is 6.01 Å². The van der Waals surface area contributed by atoms with Crippen molar-refractivity contribution < 1.29 is 13.9 Å². The molecule has 2 aromatic carbocycles. The van der Waals surface area contributed by atoms with Crippen LogP contribution in [0.3, 0.4) is 0 Å². The Morgan fingerprint density at radius 1 is 1.10 bits per heavy atom. The second kappa shape index (κ2) is 13.9. The number of aryl methyl sites for hydroxylation is 3. The summed E-state index contributed by atoms with van der Waals surface area (Å²) in [6.07, 6.45) is 5.27. The van der Waals surface area contributed by atoms with Gasteiger partial charge in [-0.05, 0) is 37.5 Å². The Morgan fingerprint density at radius 2 is 1.94 bits per heavy atom. The number of anilines is 4. The summed E-state index contributed by atoms with van der Waals surface area (Å²) in [5, 5.41) is 11.6. The zero-order chi connectivity index (χ0) is 34.8. The molecule has 1 saturated heterocycles. The number of ether oxygens (including phenoxy) is 1. The van der Waals surface area contributed by atoms with E-state index in [0.29, 0.717) is 43.5 Å². The Balaban J connectivity index is 0.980. The number of carbonyl (C=O) groups is 1. The van der Waals surface area contributed by atoms with Crippen molar-refractivity contribution in [2.24, 2.45) is 7.05 Å². The first-order valence-corrected chi connectivity index (χ1v) is 16.4. The van der Waals surface area contributed by atoms with Gasteiger partial charge in [-0.1, -0.05) is 42.5 Å². The number of nitrogens with zero attached hydrogens (tertiary/aromatic N) is 8. The lowest BCUT2D eigenvalue weighted by Gasteiger charge is -2.20. The van der Waals surface area contributed by atoms with Crippen LogP contribution in [0, 0.1) is 19.7 Å². The molecule has 0 aliphatic carbocycles. The molecule has 0 spiro atoms. The number of carbonyl (C=O) groups excluding carboxylic acids is 1. The fraction of sp³-hybridized carbons (Fsp3) is 0.278. The van der Waals surface area contributed by atoms with Gasteiger partial charge in [0, 0.05) is 68.8 Å². The molecule has 1 atom stereocenters. The topological polar surface area (TPSA) is 142 Å². The van der Waals surface area contributed by atoms with Crippen molar-refractivity contribution in [3.05, 3.63) is 95.8 Å². The fourth-order valence-electron chi connectivity index (χ4n) is 6.14. The van der Waals surface area contributed by atoms with Crippen LogP contribution in [0.5, 0.6) is 6.01 Å². The van der Waals surface area contributed by atoms with Crippen molar-refractivity contribution in [2.45, 2.75) is 32.9 Å². The van der Waals surface area contributed by atoms with Crippen LogP contribution in [0.15, 0.2) is 73.2 Å². The van der Waals surface area contributed by atoms with Gasteiger partial charge in [0.2, 0.25) is 11.9 Å². The minimum Gasteiger partial charge on any atom is -0.459 e. The number of hydrogen-bond donors (Lipinski definition) is 3. The molecule has 256 valence electrons. The Kier molecular flexibility index (Phi) is 9.09. The minimum atomic E-state index is -0.519. The lowest BCUT2D eigenvalue weighted by Crippen LogP contribution is -2.33. The molecule has 0 bridgehead atoms. The van der Waals surface area contributed by atoms with Gasteiger partial charge in [0.05, 0.1) is 29.6 Å². The average Bonchev–Trinajstić information content (AvgIpc) is 3.82. The van der Waals surface area contributed by atoms with Gasteiger partial charge in [0.1, 0.15) is 6.10 Å². The molecule has 0 saturated carbocycles. The SMILES string of the molecule is Cc1cnc(Nc2cc(C)n(C)n2)nc1-c1c[nH]c2c(NC(=O)CN3CCC(Oc4ncc(F)c(N(C)Cc5ccccc5)n4)C3)cccc12. The smallest absolute Gasteiger partial charge is 0.318 e. The third-order valence-corrected chi connectivity index (χ3v) is 8.77. The van der Waals surface area contributed by atoms with Gasteiger partial charge in [0.15, 0.2) is 17.5 Å². The van der Waals surface area contributed by atoms with Gasteiger partial charge < -0.3 is 25.3 Å². The predicted octanol–water partition coefficient (Wildman–Crippen LogP) is 5.38. The van der Waals surface area contributed by atoms with Gasteiger partial charge in [-0.25, -0.2) is 19.3 Å². The summed E-state index contributed by atoms with van der Waals surface area (Å²) in [7, 11) is 3.66. The summed E-state index contributed by atoms with van der Waals surface area (Å²) in [5.74, 6) is 0.611. The Bertz CT molecular complexity index is 2130. The van der Waals surface area contributed by atoms with Crippen molar-refractivity contribution in [3.63, 3.8) is 0 Å². The third kappa shape index (κ3) is 7.10. The van der Waals surface area contributed by atoms with Gasteiger partial charge in [0.25, 0.3) is 0 Å². The minimum absolute atomic E-state index is 0.112. The van der Waals surface area contributed by atoms with E-state index in [1.165, 1.54) is 0 Å². The van der Waals surface area contributed by atoms with Crippen LogP contribution in [0.4, 0.5) is 27.7 Å². The lowest BCUT2D eigenvalue weighted by molar-refractivity contribution is -0.117. The number of nitrogens with one attached hydrogen (secondary N) is 3. The van der Waals surface area contributed by atoms with Crippen molar-refractivity contribution in [2.75, 3.05) is 42.2 Å². The number of para-hydroxylation sites is 1. The van der Waals surface area contributed by atoms with Crippen molar-refractivity contribution in [1.29, 1.82) is 0 Å². The standard InChI is InChI=1S/C36H38FN11O2/c1-22-16-39-35(42-30-15-23(2)47(4)45-30)43-32(22)27-17-38-33-26(27)11-8-12-29(33)41-31(49)21-48-14-13-25(20-48)50-36-40-18-28(37)34(44-36)46(3)19-24-9-6-5-7-10-24/h5-12,15-18,25,38H,13-14,19-21H2,1-4H3,(H,41,49)(H,39,42,43,45). The molecule has 7 rings (SSSR count). The zero-order valence-electron chi connectivity index (χ0n) is 28.3. The van der Waals surface area contributed by atoms with E-state index in [2.05, 4.69) is 35.7 Å². The van der Waals surface area contributed by atoms with E-state index < -0.39 is 5.82 Å². The monoisotopic (exact) mass is 675 g/mol. The highest BCUT2D eigenvalue weighted by molar-refractivity contribution is 6.06. The molecule has 1 amide bonds. The molecule has 1 aliphatic rings. The quantitative estimate of drug-likeness (QED) is 0.164. The number of hydrogen-bond acceptors (Lipinski definition) is 10. The number of halogens is 1. The predicted molar refractivity (Wildman–Crippen MR) is 190 cm³/mol. The van der Waals surface area contributed by atoms with E-state index in [0.717, 1.165) is 45.2 Å². The largest absolute Gasteiger partial charge is 0.459 e. The van der Waals surface area contributed by atoms with E-state index in [9.17, 15) is 9.18 Å². The molecule has 50 heavy (non-hydrogen) atoms. The second-order valence-electron chi connectivity index (χ2n) is 12.6. The maximum Gasteiger partial charge on any atom is 0.318 e. The highest BCUT2D eigenvalue weighted by atomic mass is 19.1.